The van der Waals surface area contributed by atoms with E-state index in [1.54, 1.807) is 39.0 Å². The molecule has 2 aromatic heterocycles. The number of anilines is 1. The van der Waals surface area contributed by atoms with E-state index in [0.717, 1.165) is 24.2 Å². The topological polar surface area (TPSA) is 160 Å². The van der Waals surface area contributed by atoms with Crippen molar-refractivity contribution in [3.8, 4) is 11.5 Å². The first kappa shape index (κ1) is 34.4. The Balaban J connectivity index is 1.72. The van der Waals surface area contributed by atoms with Crippen LogP contribution in [0.15, 0.2) is 23.4 Å². The molecule has 0 saturated carbocycles. The number of carbonyl (C=O) groups is 4. The summed E-state index contributed by atoms with van der Waals surface area (Å²) in [5, 5.41) is 14.8. The Morgan fingerprint density at radius 1 is 0.977 bits per heavy atom. The lowest BCUT2D eigenvalue weighted by Gasteiger charge is -2.12. The van der Waals surface area contributed by atoms with Gasteiger partial charge in [0.2, 0.25) is 5.91 Å². The predicted octanol–water partition coefficient (Wildman–Crippen LogP) is 4.48. The van der Waals surface area contributed by atoms with E-state index in [9.17, 15) is 19.2 Å². The summed E-state index contributed by atoms with van der Waals surface area (Å²) in [4.78, 5) is 51.2. The third-order valence-electron chi connectivity index (χ3n) is 6.25. The SMILES string of the molecule is CCCCn1c(CNC(=O)c2ccc(OC)c(OC)c2)nnc1SCC(=O)Nc1sc(C(=O)OCC)c(C)c1C(=O)OCC. The summed E-state index contributed by atoms with van der Waals surface area (Å²) in [6.45, 7) is 8.04. The number of rotatable bonds is 16. The molecule has 0 aliphatic carbocycles. The minimum Gasteiger partial charge on any atom is -0.493 e. The Bertz CT molecular complexity index is 1490. The summed E-state index contributed by atoms with van der Waals surface area (Å²) >= 11 is 2.13. The summed E-state index contributed by atoms with van der Waals surface area (Å²) in [5.74, 6) is -0.513. The molecule has 44 heavy (non-hydrogen) atoms. The zero-order valence-corrected chi connectivity index (χ0v) is 27.2. The highest BCUT2D eigenvalue weighted by Crippen LogP contribution is 2.35. The maximum atomic E-state index is 13.0. The molecule has 1 aromatic carbocycles. The van der Waals surface area contributed by atoms with Crippen LogP contribution in [0.1, 0.15) is 75.4 Å². The average Bonchev–Trinajstić information content (AvgIpc) is 3.56. The number of thioether (sulfide) groups is 1. The molecule has 0 aliphatic heterocycles. The monoisotopic (exact) mass is 647 g/mol. The Morgan fingerprint density at radius 2 is 1.68 bits per heavy atom. The van der Waals surface area contributed by atoms with Crippen LogP contribution >= 0.6 is 23.1 Å². The number of carbonyl (C=O) groups excluding carboxylic acids is 4. The number of unbranched alkanes of at least 4 members (excludes halogenated alkanes) is 1. The summed E-state index contributed by atoms with van der Waals surface area (Å²) in [6, 6.07) is 4.88. The first-order chi connectivity index (χ1) is 21.2. The van der Waals surface area contributed by atoms with Gasteiger partial charge in [-0.05, 0) is 51.0 Å². The van der Waals surface area contributed by atoms with Crippen LogP contribution in [0.5, 0.6) is 11.5 Å². The van der Waals surface area contributed by atoms with Crippen molar-refractivity contribution in [2.75, 3.05) is 38.5 Å². The Hall–Kier alpha value is -4.11. The number of ether oxygens (including phenoxy) is 4. The molecule has 0 fully saturated rings. The second kappa shape index (κ2) is 16.7. The first-order valence-corrected chi connectivity index (χ1v) is 15.8. The van der Waals surface area contributed by atoms with E-state index in [-0.39, 0.29) is 46.9 Å². The van der Waals surface area contributed by atoms with Gasteiger partial charge in [0.1, 0.15) is 9.88 Å². The summed E-state index contributed by atoms with van der Waals surface area (Å²) in [6.07, 6.45) is 1.75. The van der Waals surface area contributed by atoms with Gasteiger partial charge in [0, 0.05) is 12.1 Å². The number of methoxy groups -OCH3 is 2. The van der Waals surface area contributed by atoms with Crippen molar-refractivity contribution in [2.24, 2.45) is 0 Å². The van der Waals surface area contributed by atoms with Crippen molar-refractivity contribution in [2.45, 2.75) is 58.8 Å². The van der Waals surface area contributed by atoms with E-state index in [1.165, 1.54) is 26.0 Å². The fourth-order valence-electron chi connectivity index (χ4n) is 4.07. The van der Waals surface area contributed by atoms with Crippen LogP contribution in [0.3, 0.4) is 0 Å². The molecule has 2 heterocycles. The van der Waals surface area contributed by atoms with Crippen molar-refractivity contribution in [1.29, 1.82) is 0 Å². The Labute approximate surface area is 264 Å². The zero-order valence-electron chi connectivity index (χ0n) is 25.6. The molecule has 238 valence electrons. The molecule has 0 atom stereocenters. The van der Waals surface area contributed by atoms with Crippen LogP contribution in [0.4, 0.5) is 5.00 Å². The number of thiophene rings is 1. The van der Waals surface area contributed by atoms with Gasteiger partial charge in [-0.3, -0.25) is 9.59 Å². The van der Waals surface area contributed by atoms with Crippen LogP contribution < -0.4 is 20.1 Å². The molecule has 0 unspecified atom stereocenters. The van der Waals surface area contributed by atoms with Crippen LogP contribution in [-0.4, -0.2) is 71.7 Å². The average molecular weight is 648 g/mol. The number of hydrogen-bond acceptors (Lipinski definition) is 12. The second-order valence-corrected chi connectivity index (χ2v) is 11.2. The van der Waals surface area contributed by atoms with Gasteiger partial charge in [0.25, 0.3) is 5.91 Å². The minimum absolute atomic E-state index is 0.0454. The van der Waals surface area contributed by atoms with Gasteiger partial charge in [-0.15, -0.1) is 21.5 Å². The van der Waals surface area contributed by atoms with Crippen LogP contribution in [0.2, 0.25) is 0 Å². The Kier molecular flexibility index (Phi) is 13.0. The lowest BCUT2D eigenvalue weighted by Crippen LogP contribution is -2.25. The van der Waals surface area contributed by atoms with Crippen LogP contribution in [-0.2, 0) is 27.4 Å². The highest BCUT2D eigenvalue weighted by molar-refractivity contribution is 7.99. The highest BCUT2D eigenvalue weighted by atomic mass is 32.2. The molecule has 2 N–H and O–H groups in total. The molecule has 13 nitrogen and oxygen atoms in total. The van der Waals surface area contributed by atoms with E-state index in [1.807, 2.05) is 4.57 Å². The first-order valence-electron chi connectivity index (χ1n) is 14.0. The maximum absolute atomic E-state index is 13.0. The minimum atomic E-state index is -0.640. The third-order valence-corrected chi connectivity index (χ3v) is 8.41. The zero-order chi connectivity index (χ0) is 32.2. The quantitative estimate of drug-likeness (QED) is 0.167. The smallest absolute Gasteiger partial charge is 0.348 e. The largest absolute Gasteiger partial charge is 0.493 e. The number of aromatic nitrogens is 3. The fourth-order valence-corrected chi connectivity index (χ4v) is 5.96. The lowest BCUT2D eigenvalue weighted by molar-refractivity contribution is -0.113. The lowest BCUT2D eigenvalue weighted by atomic mass is 10.1. The van der Waals surface area contributed by atoms with Gasteiger partial charge in [-0.2, -0.15) is 0 Å². The molecule has 3 aromatic rings. The van der Waals surface area contributed by atoms with Crippen molar-refractivity contribution in [3.05, 3.63) is 45.6 Å². The molecule has 0 bridgehead atoms. The van der Waals surface area contributed by atoms with E-state index in [2.05, 4.69) is 27.8 Å². The number of nitrogens with zero attached hydrogens (tertiary/aromatic N) is 3. The van der Waals surface area contributed by atoms with Crippen molar-refractivity contribution in [3.63, 3.8) is 0 Å². The van der Waals surface area contributed by atoms with E-state index in [0.29, 0.717) is 40.2 Å². The summed E-state index contributed by atoms with van der Waals surface area (Å²) in [7, 11) is 3.02. The maximum Gasteiger partial charge on any atom is 0.348 e. The van der Waals surface area contributed by atoms with Crippen molar-refractivity contribution in [1.82, 2.24) is 20.1 Å². The summed E-state index contributed by atoms with van der Waals surface area (Å²) in [5.41, 5.74) is 0.900. The van der Waals surface area contributed by atoms with E-state index < -0.39 is 17.8 Å². The number of hydrogen-bond donors (Lipinski definition) is 2. The molecule has 0 spiro atoms. The van der Waals surface area contributed by atoms with Gasteiger partial charge in [-0.1, -0.05) is 25.1 Å². The molecule has 0 aliphatic rings. The van der Waals surface area contributed by atoms with Gasteiger partial charge in [-0.25, -0.2) is 9.59 Å². The number of esters is 2. The fraction of sp³-hybridized carbons (Fsp3) is 0.448. The van der Waals surface area contributed by atoms with E-state index >= 15 is 0 Å². The number of nitrogens with one attached hydrogen (secondary N) is 2. The standard InChI is InChI=1S/C29H37N5O8S2/c1-7-10-13-34-21(15-30-25(36)18-11-12-19(39-5)20(14-18)40-6)32-33-29(34)43-16-22(35)31-26-23(27(37)41-8-2)17(4)24(44-26)28(38)42-9-3/h11-12,14H,7-10,13,15-16H2,1-6H3,(H,30,36)(H,31,35). The number of benzene rings is 1. The normalized spacial score (nSPS) is 10.7. The predicted molar refractivity (Wildman–Crippen MR) is 166 cm³/mol. The third kappa shape index (κ3) is 8.50. The second-order valence-electron chi connectivity index (χ2n) is 9.19. The highest BCUT2D eigenvalue weighted by Gasteiger charge is 2.27. The summed E-state index contributed by atoms with van der Waals surface area (Å²) < 4.78 is 22.6. The van der Waals surface area contributed by atoms with E-state index in [4.69, 9.17) is 18.9 Å². The van der Waals surface area contributed by atoms with Crippen LogP contribution in [0.25, 0.3) is 0 Å². The van der Waals surface area contributed by atoms with Crippen molar-refractivity contribution >= 4 is 51.9 Å². The molecular formula is C29H37N5O8S2. The van der Waals surface area contributed by atoms with Gasteiger partial charge in [0.05, 0.1) is 45.3 Å². The number of amides is 2. The van der Waals surface area contributed by atoms with Crippen LogP contribution in [0, 0.1) is 6.92 Å². The molecule has 0 saturated heterocycles. The molecule has 15 heteroatoms. The van der Waals surface area contributed by atoms with Crippen molar-refractivity contribution < 1.29 is 38.1 Å². The van der Waals surface area contributed by atoms with Gasteiger partial charge >= 0.3 is 11.9 Å². The van der Waals surface area contributed by atoms with Gasteiger partial charge < -0.3 is 34.1 Å². The Morgan fingerprint density at radius 3 is 2.34 bits per heavy atom. The molecule has 0 radical (unpaired) electrons. The molecular weight excluding hydrogens is 610 g/mol. The molecule has 3 rings (SSSR count). The molecule has 2 amide bonds. The van der Waals surface area contributed by atoms with Gasteiger partial charge in [0.15, 0.2) is 22.5 Å².